The number of aliphatic hydroxyl groups excluding tert-OH is 1. The third-order valence-corrected chi connectivity index (χ3v) is 2.53. The molecule has 0 aromatic carbocycles. The second-order valence-electron chi connectivity index (χ2n) is 3.09. The van der Waals surface area contributed by atoms with Gasteiger partial charge in [0, 0.05) is 18.3 Å². The van der Waals surface area contributed by atoms with E-state index in [1.54, 1.807) is 0 Å². The van der Waals surface area contributed by atoms with E-state index in [9.17, 15) is 0 Å². The molecule has 0 saturated carbocycles. The molecule has 0 aliphatic heterocycles. The van der Waals surface area contributed by atoms with Crippen molar-refractivity contribution in [2.24, 2.45) is 0 Å². The molecule has 11 heavy (non-hydrogen) atoms. The molecule has 2 nitrogen and oxygen atoms in total. The van der Waals surface area contributed by atoms with Gasteiger partial charge in [0.2, 0.25) is 0 Å². The monoisotopic (exact) mass is 177 g/mol. The van der Waals surface area contributed by atoms with Gasteiger partial charge in [-0.05, 0) is 27.2 Å². The molecule has 2 unspecified atom stereocenters. The average Bonchev–Trinajstić information content (AvgIpc) is 1.86. The van der Waals surface area contributed by atoms with Crippen molar-refractivity contribution >= 4 is 11.8 Å². The second-order valence-corrected chi connectivity index (χ2v) is 4.00. The summed E-state index contributed by atoms with van der Waals surface area (Å²) in [6.07, 6.45) is 1.89. The molecule has 0 amide bonds. The highest BCUT2D eigenvalue weighted by molar-refractivity contribution is 7.98. The van der Waals surface area contributed by atoms with Crippen LogP contribution in [0, 0.1) is 0 Å². The van der Waals surface area contributed by atoms with Gasteiger partial charge in [-0.1, -0.05) is 0 Å². The Morgan fingerprint density at radius 3 is 2.36 bits per heavy atom. The molecule has 0 heterocycles. The van der Waals surface area contributed by atoms with Gasteiger partial charge >= 0.3 is 0 Å². The van der Waals surface area contributed by atoms with Gasteiger partial charge in [-0.15, -0.1) is 0 Å². The smallest absolute Gasteiger partial charge is 0.0639 e. The number of hydrogen-bond acceptors (Lipinski definition) is 3. The maximum atomic E-state index is 9.09. The molecule has 0 aliphatic rings. The fourth-order valence-electron chi connectivity index (χ4n) is 0.965. The first-order valence-electron chi connectivity index (χ1n) is 3.95. The first kappa shape index (κ1) is 11.3. The lowest BCUT2D eigenvalue weighted by atomic mass is 10.3. The van der Waals surface area contributed by atoms with Crippen molar-refractivity contribution in [3.05, 3.63) is 0 Å². The quantitative estimate of drug-likeness (QED) is 0.679. The van der Waals surface area contributed by atoms with Crippen molar-refractivity contribution in [1.29, 1.82) is 0 Å². The van der Waals surface area contributed by atoms with Gasteiger partial charge in [-0.25, -0.2) is 0 Å². The summed E-state index contributed by atoms with van der Waals surface area (Å²) in [7, 11) is 2.05. The maximum Gasteiger partial charge on any atom is 0.0639 e. The predicted octanol–water partition coefficient (Wildman–Crippen LogP) is 1.05. The van der Waals surface area contributed by atoms with E-state index in [1.165, 1.54) is 0 Å². The molecule has 0 aliphatic carbocycles. The lowest BCUT2D eigenvalue weighted by Crippen LogP contribution is -2.36. The SMILES string of the molecule is CSCC(C)N(C)CC(C)O. The Bertz CT molecular complexity index is 98.1. The summed E-state index contributed by atoms with van der Waals surface area (Å²) in [5.74, 6) is 1.13. The van der Waals surface area contributed by atoms with E-state index < -0.39 is 0 Å². The van der Waals surface area contributed by atoms with Gasteiger partial charge in [0.25, 0.3) is 0 Å². The molecule has 0 aromatic heterocycles. The van der Waals surface area contributed by atoms with Gasteiger partial charge in [-0.3, -0.25) is 0 Å². The Balaban J connectivity index is 3.54. The van der Waals surface area contributed by atoms with Crippen LogP contribution in [0.1, 0.15) is 13.8 Å². The van der Waals surface area contributed by atoms with Gasteiger partial charge in [0.05, 0.1) is 6.10 Å². The molecule has 0 spiro atoms. The predicted molar refractivity (Wildman–Crippen MR) is 52.2 cm³/mol. The normalized spacial score (nSPS) is 16.9. The molecule has 0 fully saturated rings. The lowest BCUT2D eigenvalue weighted by molar-refractivity contribution is 0.127. The van der Waals surface area contributed by atoms with Crippen molar-refractivity contribution < 1.29 is 5.11 Å². The third-order valence-electron chi connectivity index (χ3n) is 1.71. The van der Waals surface area contributed by atoms with E-state index in [0.717, 1.165) is 12.3 Å². The zero-order valence-electron chi connectivity index (χ0n) is 7.87. The number of rotatable bonds is 5. The third kappa shape index (κ3) is 5.53. The fraction of sp³-hybridized carbons (Fsp3) is 1.00. The Kier molecular flexibility index (Phi) is 6.01. The van der Waals surface area contributed by atoms with E-state index in [4.69, 9.17) is 5.11 Å². The summed E-state index contributed by atoms with van der Waals surface area (Å²) in [5, 5.41) is 9.09. The first-order chi connectivity index (χ1) is 5.07. The Hall–Kier alpha value is 0.270. The van der Waals surface area contributed by atoms with E-state index in [0.29, 0.717) is 6.04 Å². The molecule has 2 atom stereocenters. The maximum absolute atomic E-state index is 9.09. The molecule has 0 saturated heterocycles. The number of likely N-dealkylation sites (N-methyl/N-ethyl adjacent to an activating group) is 1. The summed E-state index contributed by atoms with van der Waals surface area (Å²) < 4.78 is 0. The molecule has 0 rings (SSSR count). The van der Waals surface area contributed by atoms with Crippen molar-refractivity contribution in [3.8, 4) is 0 Å². The van der Waals surface area contributed by atoms with Crippen LogP contribution in [0.5, 0.6) is 0 Å². The van der Waals surface area contributed by atoms with Crippen LogP contribution >= 0.6 is 11.8 Å². The highest BCUT2D eigenvalue weighted by Crippen LogP contribution is 2.03. The van der Waals surface area contributed by atoms with Gasteiger partial charge < -0.3 is 10.0 Å². The topological polar surface area (TPSA) is 23.5 Å². The molecule has 0 aromatic rings. The zero-order valence-corrected chi connectivity index (χ0v) is 8.69. The molecule has 0 bridgehead atoms. The molecule has 0 radical (unpaired) electrons. The number of nitrogens with zero attached hydrogens (tertiary/aromatic N) is 1. The van der Waals surface area contributed by atoms with Crippen LogP contribution in [0.15, 0.2) is 0 Å². The van der Waals surface area contributed by atoms with Crippen LogP contribution in [0.25, 0.3) is 0 Å². The summed E-state index contributed by atoms with van der Waals surface area (Å²) in [6.45, 7) is 4.77. The molecule has 1 N–H and O–H groups in total. The summed E-state index contributed by atoms with van der Waals surface area (Å²) >= 11 is 1.84. The van der Waals surface area contributed by atoms with Crippen LogP contribution in [0.3, 0.4) is 0 Å². The Labute approximate surface area is 74.0 Å². The van der Waals surface area contributed by atoms with Crippen LogP contribution in [0.2, 0.25) is 0 Å². The number of thioether (sulfide) groups is 1. The Morgan fingerprint density at radius 1 is 1.45 bits per heavy atom. The van der Waals surface area contributed by atoms with E-state index in [-0.39, 0.29) is 6.10 Å². The molecular formula is C8H19NOS. The average molecular weight is 177 g/mol. The minimum absolute atomic E-state index is 0.218. The van der Waals surface area contributed by atoms with E-state index in [2.05, 4.69) is 18.1 Å². The minimum Gasteiger partial charge on any atom is -0.392 e. The summed E-state index contributed by atoms with van der Waals surface area (Å²) in [4.78, 5) is 2.18. The summed E-state index contributed by atoms with van der Waals surface area (Å²) in [5.41, 5.74) is 0. The van der Waals surface area contributed by atoms with Gasteiger partial charge in [-0.2, -0.15) is 11.8 Å². The number of aliphatic hydroxyl groups is 1. The molecule has 3 heteroatoms. The van der Waals surface area contributed by atoms with Crippen molar-refractivity contribution in [3.63, 3.8) is 0 Å². The van der Waals surface area contributed by atoms with E-state index >= 15 is 0 Å². The zero-order chi connectivity index (χ0) is 8.85. The highest BCUT2D eigenvalue weighted by atomic mass is 32.2. The Morgan fingerprint density at radius 2 is 2.00 bits per heavy atom. The minimum atomic E-state index is -0.218. The van der Waals surface area contributed by atoms with Crippen LogP contribution in [0.4, 0.5) is 0 Å². The fourth-order valence-corrected chi connectivity index (χ4v) is 1.70. The second kappa shape index (κ2) is 5.86. The highest BCUT2D eigenvalue weighted by Gasteiger charge is 2.09. The van der Waals surface area contributed by atoms with E-state index in [1.807, 2.05) is 25.7 Å². The van der Waals surface area contributed by atoms with Crippen molar-refractivity contribution in [2.45, 2.75) is 26.0 Å². The largest absolute Gasteiger partial charge is 0.392 e. The van der Waals surface area contributed by atoms with Gasteiger partial charge in [0.1, 0.15) is 0 Å². The first-order valence-corrected chi connectivity index (χ1v) is 5.34. The molecule has 68 valence electrons. The molecular weight excluding hydrogens is 158 g/mol. The summed E-state index contributed by atoms with van der Waals surface area (Å²) in [6, 6.07) is 0.555. The number of hydrogen-bond donors (Lipinski definition) is 1. The van der Waals surface area contributed by atoms with Crippen LogP contribution in [-0.4, -0.2) is 47.8 Å². The van der Waals surface area contributed by atoms with Gasteiger partial charge in [0.15, 0.2) is 0 Å². The van der Waals surface area contributed by atoms with Crippen LogP contribution in [-0.2, 0) is 0 Å². The lowest BCUT2D eigenvalue weighted by Gasteiger charge is -2.24. The van der Waals surface area contributed by atoms with Crippen molar-refractivity contribution in [2.75, 3.05) is 25.6 Å². The van der Waals surface area contributed by atoms with Crippen molar-refractivity contribution in [1.82, 2.24) is 4.90 Å². The van der Waals surface area contributed by atoms with Crippen LogP contribution < -0.4 is 0 Å². The standard InChI is InChI=1S/C8H19NOS/c1-7(6-11-4)9(3)5-8(2)10/h7-8,10H,5-6H2,1-4H3.